The van der Waals surface area contributed by atoms with E-state index in [9.17, 15) is 5.11 Å². The minimum absolute atomic E-state index is 0.413. The van der Waals surface area contributed by atoms with Crippen LogP contribution in [0.2, 0.25) is 0 Å². The van der Waals surface area contributed by atoms with E-state index in [1.165, 1.54) is 16.7 Å². The summed E-state index contributed by atoms with van der Waals surface area (Å²) in [4.78, 5) is 0. The Morgan fingerprint density at radius 3 is 2.56 bits per heavy atom. The van der Waals surface area contributed by atoms with Gasteiger partial charge in [-0.25, -0.2) is 0 Å². The second-order valence-electron chi connectivity index (χ2n) is 5.20. The van der Waals surface area contributed by atoms with Gasteiger partial charge in [-0.3, -0.25) is 0 Å². The summed E-state index contributed by atoms with van der Waals surface area (Å²) in [5.74, 6) is 1.65. The lowest BCUT2D eigenvalue weighted by Gasteiger charge is -2.28. The number of benzene rings is 1. The number of allylic oxidation sites excluding steroid dienone is 2. The van der Waals surface area contributed by atoms with Crippen LogP contribution in [0.4, 0.5) is 0 Å². The number of aryl methyl sites for hydroxylation is 1. The van der Waals surface area contributed by atoms with Gasteiger partial charge < -0.3 is 5.11 Å². The summed E-state index contributed by atoms with van der Waals surface area (Å²) in [7, 11) is 0. The first-order valence-electron chi connectivity index (χ1n) is 6.01. The molecule has 1 aliphatic rings. The molecule has 0 saturated heterocycles. The molecule has 1 heteroatoms. The van der Waals surface area contributed by atoms with Gasteiger partial charge in [0.25, 0.3) is 0 Å². The fourth-order valence-electron chi connectivity index (χ4n) is 2.54. The predicted octanol–water partition coefficient (Wildman–Crippen LogP) is 4.25. The van der Waals surface area contributed by atoms with Crippen molar-refractivity contribution >= 4 is 5.57 Å². The number of hydrogen-bond donors (Lipinski definition) is 1. The second-order valence-corrected chi connectivity index (χ2v) is 5.20. The van der Waals surface area contributed by atoms with E-state index < -0.39 is 0 Å². The lowest BCUT2D eigenvalue weighted by atomic mass is 9.77. The van der Waals surface area contributed by atoms with Crippen LogP contribution in [0.1, 0.15) is 49.8 Å². The maximum Gasteiger partial charge on any atom is 0.119 e. The van der Waals surface area contributed by atoms with E-state index >= 15 is 0 Å². The Hall–Kier alpha value is -1.24. The third-order valence-electron chi connectivity index (χ3n) is 3.68. The van der Waals surface area contributed by atoms with E-state index in [1.807, 2.05) is 13.0 Å². The second kappa shape index (κ2) is 3.97. The number of aromatic hydroxyl groups is 1. The van der Waals surface area contributed by atoms with Crippen molar-refractivity contribution in [1.82, 2.24) is 0 Å². The Balaban J connectivity index is 2.59. The summed E-state index contributed by atoms with van der Waals surface area (Å²) >= 11 is 0. The van der Waals surface area contributed by atoms with Crippen LogP contribution in [0.25, 0.3) is 5.57 Å². The van der Waals surface area contributed by atoms with E-state index in [0.29, 0.717) is 17.6 Å². The summed E-state index contributed by atoms with van der Waals surface area (Å²) in [5, 5.41) is 9.79. The largest absolute Gasteiger partial charge is 0.508 e. The molecule has 16 heavy (non-hydrogen) atoms. The number of rotatable bonds is 1. The van der Waals surface area contributed by atoms with Crippen molar-refractivity contribution < 1.29 is 5.11 Å². The molecule has 1 aromatic rings. The van der Waals surface area contributed by atoms with Crippen LogP contribution in [0, 0.1) is 12.8 Å². The lowest BCUT2D eigenvalue weighted by molar-refractivity contribution is 0.466. The molecule has 0 heterocycles. The normalized spacial score (nSPS) is 19.6. The first-order chi connectivity index (χ1) is 7.50. The SMILES string of the molecule is CC1=CC[C@H](C(C)C)c2cc(C)c(O)cc21. The minimum Gasteiger partial charge on any atom is -0.508 e. The maximum atomic E-state index is 9.79. The Morgan fingerprint density at radius 2 is 1.94 bits per heavy atom. The molecule has 0 saturated carbocycles. The molecule has 1 aromatic carbocycles. The van der Waals surface area contributed by atoms with E-state index in [1.54, 1.807) is 0 Å². The first kappa shape index (κ1) is 11.3. The van der Waals surface area contributed by atoms with E-state index in [4.69, 9.17) is 0 Å². The predicted molar refractivity (Wildman–Crippen MR) is 68.7 cm³/mol. The Kier molecular flexibility index (Phi) is 2.79. The molecule has 0 fully saturated rings. The zero-order valence-electron chi connectivity index (χ0n) is 10.5. The fourth-order valence-corrected chi connectivity index (χ4v) is 2.54. The van der Waals surface area contributed by atoms with Crippen LogP contribution in [-0.2, 0) is 0 Å². The molecule has 0 amide bonds. The summed E-state index contributed by atoms with van der Waals surface area (Å²) in [5.41, 5.74) is 4.92. The zero-order valence-corrected chi connectivity index (χ0v) is 10.5. The summed E-state index contributed by atoms with van der Waals surface area (Å²) in [6, 6.07) is 4.08. The van der Waals surface area contributed by atoms with E-state index in [-0.39, 0.29) is 0 Å². The summed E-state index contributed by atoms with van der Waals surface area (Å²) < 4.78 is 0. The van der Waals surface area contributed by atoms with Gasteiger partial charge in [-0.2, -0.15) is 0 Å². The van der Waals surface area contributed by atoms with E-state index in [0.717, 1.165) is 12.0 Å². The molecule has 1 atom stereocenters. The number of hydrogen-bond acceptors (Lipinski definition) is 1. The molecular formula is C15H20O. The van der Waals surface area contributed by atoms with Gasteiger partial charge in [0.05, 0.1) is 0 Å². The summed E-state index contributed by atoms with van der Waals surface area (Å²) in [6.07, 6.45) is 3.42. The highest BCUT2D eigenvalue weighted by Crippen LogP contribution is 2.40. The number of phenolic OH excluding ortho intramolecular Hbond substituents is 1. The molecule has 1 aliphatic carbocycles. The standard InChI is InChI=1S/C15H20O/c1-9(2)12-6-5-10(3)13-8-15(16)11(4)7-14(12)13/h5,7-9,12,16H,6H2,1-4H3/t12-/m1/s1. The van der Waals surface area contributed by atoms with E-state index in [2.05, 4.69) is 32.9 Å². The highest BCUT2D eigenvalue weighted by atomic mass is 16.3. The van der Waals surface area contributed by atoms with Crippen LogP contribution >= 0.6 is 0 Å². The third-order valence-corrected chi connectivity index (χ3v) is 3.68. The first-order valence-corrected chi connectivity index (χ1v) is 6.01. The Morgan fingerprint density at radius 1 is 1.25 bits per heavy atom. The van der Waals surface area contributed by atoms with Crippen molar-refractivity contribution in [3.05, 3.63) is 34.9 Å². The van der Waals surface area contributed by atoms with Gasteiger partial charge in [-0.05, 0) is 60.4 Å². The minimum atomic E-state index is 0.413. The molecule has 0 bridgehead atoms. The van der Waals surface area contributed by atoms with Crippen LogP contribution < -0.4 is 0 Å². The average Bonchev–Trinajstić information content (AvgIpc) is 2.21. The van der Waals surface area contributed by atoms with Gasteiger partial charge in [0, 0.05) is 0 Å². The number of fused-ring (bicyclic) bond motifs is 1. The van der Waals surface area contributed by atoms with Gasteiger partial charge in [-0.1, -0.05) is 26.0 Å². The quantitative estimate of drug-likeness (QED) is 0.744. The van der Waals surface area contributed by atoms with Crippen LogP contribution in [0.3, 0.4) is 0 Å². The maximum absolute atomic E-state index is 9.79. The van der Waals surface area contributed by atoms with Crippen LogP contribution in [0.5, 0.6) is 5.75 Å². The molecule has 86 valence electrons. The molecule has 0 unspecified atom stereocenters. The molecule has 2 rings (SSSR count). The van der Waals surface area contributed by atoms with Gasteiger partial charge in [0.1, 0.15) is 5.75 Å². The lowest BCUT2D eigenvalue weighted by Crippen LogP contribution is -2.12. The van der Waals surface area contributed by atoms with Crippen molar-refractivity contribution in [3.63, 3.8) is 0 Å². The molecule has 1 N–H and O–H groups in total. The zero-order chi connectivity index (χ0) is 11.9. The molecule has 0 radical (unpaired) electrons. The van der Waals surface area contributed by atoms with Crippen molar-refractivity contribution in [2.75, 3.05) is 0 Å². The highest BCUT2D eigenvalue weighted by molar-refractivity contribution is 5.71. The van der Waals surface area contributed by atoms with Gasteiger partial charge in [0.15, 0.2) is 0 Å². The molecule has 1 nitrogen and oxygen atoms in total. The van der Waals surface area contributed by atoms with Gasteiger partial charge >= 0.3 is 0 Å². The Bertz CT molecular complexity index is 441. The van der Waals surface area contributed by atoms with Crippen molar-refractivity contribution in [2.24, 2.45) is 5.92 Å². The van der Waals surface area contributed by atoms with Crippen molar-refractivity contribution in [2.45, 2.75) is 40.0 Å². The average molecular weight is 216 g/mol. The Labute approximate surface area is 97.8 Å². The topological polar surface area (TPSA) is 20.2 Å². The molecule has 0 spiro atoms. The van der Waals surface area contributed by atoms with Crippen LogP contribution in [-0.4, -0.2) is 5.11 Å². The molecule has 0 aliphatic heterocycles. The molecular weight excluding hydrogens is 196 g/mol. The monoisotopic (exact) mass is 216 g/mol. The summed E-state index contributed by atoms with van der Waals surface area (Å²) in [6.45, 7) is 8.64. The highest BCUT2D eigenvalue weighted by Gasteiger charge is 2.23. The fraction of sp³-hybridized carbons (Fsp3) is 0.467. The number of phenols is 1. The van der Waals surface area contributed by atoms with Gasteiger partial charge in [0.2, 0.25) is 0 Å². The van der Waals surface area contributed by atoms with Gasteiger partial charge in [-0.15, -0.1) is 0 Å². The molecule has 0 aromatic heterocycles. The van der Waals surface area contributed by atoms with Crippen molar-refractivity contribution in [1.29, 1.82) is 0 Å². The smallest absolute Gasteiger partial charge is 0.119 e. The van der Waals surface area contributed by atoms with Crippen LogP contribution in [0.15, 0.2) is 18.2 Å². The third kappa shape index (κ3) is 1.75. The van der Waals surface area contributed by atoms with Crippen molar-refractivity contribution in [3.8, 4) is 5.75 Å².